The largest absolute Gasteiger partial charge is 0.308 e. The average Bonchev–Trinajstić information content (AvgIpc) is 3.02. The number of thiophene rings is 1. The quantitative estimate of drug-likeness (QED) is 0.772. The fourth-order valence-electron chi connectivity index (χ4n) is 1.97. The van der Waals surface area contributed by atoms with E-state index in [1.165, 1.54) is 0 Å². The summed E-state index contributed by atoms with van der Waals surface area (Å²) >= 11 is 1.60. The number of carbonyl (C=O) groups excluding carboxylic acids is 1. The third-order valence-electron chi connectivity index (χ3n) is 2.92. The molecule has 2 N–H and O–H groups in total. The Balaban J connectivity index is 1.93. The van der Waals surface area contributed by atoms with Crippen LogP contribution in [0.25, 0.3) is 20.7 Å². The third kappa shape index (κ3) is 2.42. The monoisotopic (exact) mass is 286 g/mol. The summed E-state index contributed by atoms with van der Waals surface area (Å²) in [7, 11) is 0. The number of anilines is 1. The summed E-state index contributed by atoms with van der Waals surface area (Å²) in [6.45, 7) is 1.98. The van der Waals surface area contributed by atoms with Crippen molar-refractivity contribution < 1.29 is 4.79 Å². The topological polar surface area (TPSA) is 70.7 Å². The molecule has 3 rings (SSSR count). The number of pyridine rings is 1. The number of carbonyl (C=O) groups is 1. The molecular formula is C14H14N4OS. The van der Waals surface area contributed by atoms with Crippen LogP contribution in [0, 0.1) is 0 Å². The van der Waals surface area contributed by atoms with Crippen molar-refractivity contribution in [1.29, 1.82) is 0 Å². The molecule has 0 aromatic carbocycles. The minimum Gasteiger partial charge on any atom is -0.308 e. The third-order valence-corrected chi connectivity index (χ3v) is 4.11. The lowest BCUT2D eigenvalue weighted by Gasteiger charge is -1.99. The number of aromatic nitrogens is 3. The van der Waals surface area contributed by atoms with Gasteiger partial charge in [0.05, 0.1) is 10.2 Å². The highest BCUT2D eigenvalue weighted by Gasteiger charge is 2.13. The van der Waals surface area contributed by atoms with Crippen LogP contribution in [0.3, 0.4) is 0 Å². The molecule has 0 atom stereocenters. The van der Waals surface area contributed by atoms with Gasteiger partial charge in [-0.1, -0.05) is 13.0 Å². The van der Waals surface area contributed by atoms with Crippen molar-refractivity contribution in [2.45, 2.75) is 19.8 Å². The van der Waals surface area contributed by atoms with Crippen LogP contribution in [0.1, 0.15) is 19.8 Å². The van der Waals surface area contributed by atoms with Gasteiger partial charge in [-0.2, -0.15) is 5.10 Å². The molecule has 3 aromatic heterocycles. The van der Waals surface area contributed by atoms with Crippen molar-refractivity contribution in [3.05, 3.63) is 30.6 Å². The molecule has 6 heteroatoms. The number of H-pyrrole nitrogens is 1. The van der Waals surface area contributed by atoms with E-state index in [0.717, 1.165) is 27.1 Å². The van der Waals surface area contributed by atoms with Gasteiger partial charge in [0.2, 0.25) is 5.91 Å². The molecule has 0 aliphatic heterocycles. The lowest BCUT2D eigenvalue weighted by atomic mass is 10.2. The summed E-state index contributed by atoms with van der Waals surface area (Å²) < 4.78 is 0.966. The number of hydrogen-bond acceptors (Lipinski definition) is 4. The second-order valence-electron chi connectivity index (χ2n) is 4.47. The predicted molar refractivity (Wildman–Crippen MR) is 80.7 cm³/mol. The van der Waals surface area contributed by atoms with E-state index in [4.69, 9.17) is 0 Å². The molecular weight excluding hydrogens is 272 g/mol. The molecule has 3 aromatic rings. The molecule has 0 spiro atoms. The maximum Gasteiger partial charge on any atom is 0.225 e. The van der Waals surface area contributed by atoms with Crippen molar-refractivity contribution in [3.63, 3.8) is 0 Å². The molecule has 0 saturated heterocycles. The van der Waals surface area contributed by atoms with Crippen LogP contribution in [0.15, 0.2) is 30.6 Å². The smallest absolute Gasteiger partial charge is 0.225 e. The SMILES string of the molecule is CCCC(=O)Nc1n[nH]c2cc(-c3cccnc3)sc12. The molecule has 102 valence electrons. The zero-order valence-electron chi connectivity index (χ0n) is 11.0. The number of nitrogens with zero attached hydrogens (tertiary/aromatic N) is 2. The highest BCUT2D eigenvalue weighted by molar-refractivity contribution is 7.22. The number of rotatable bonds is 4. The van der Waals surface area contributed by atoms with Gasteiger partial charge < -0.3 is 5.32 Å². The molecule has 0 bridgehead atoms. The van der Waals surface area contributed by atoms with Crippen LogP contribution in [-0.4, -0.2) is 21.1 Å². The Bertz CT molecular complexity index is 732. The van der Waals surface area contributed by atoms with Gasteiger partial charge in [0.15, 0.2) is 5.82 Å². The van der Waals surface area contributed by atoms with Gasteiger partial charge in [-0.3, -0.25) is 14.9 Å². The maximum absolute atomic E-state index is 11.7. The van der Waals surface area contributed by atoms with Crippen molar-refractivity contribution in [2.24, 2.45) is 0 Å². The van der Waals surface area contributed by atoms with Crippen molar-refractivity contribution in [2.75, 3.05) is 5.32 Å². The Kier molecular flexibility index (Phi) is 3.47. The van der Waals surface area contributed by atoms with Crippen molar-refractivity contribution in [1.82, 2.24) is 15.2 Å². The number of fused-ring (bicyclic) bond motifs is 1. The van der Waals surface area contributed by atoms with E-state index in [1.807, 2.05) is 31.3 Å². The molecule has 0 aliphatic rings. The molecule has 1 amide bonds. The van der Waals surface area contributed by atoms with Gasteiger partial charge in [0.1, 0.15) is 0 Å². The van der Waals surface area contributed by atoms with E-state index in [-0.39, 0.29) is 5.91 Å². The van der Waals surface area contributed by atoms with Crippen LogP contribution >= 0.6 is 11.3 Å². The van der Waals surface area contributed by atoms with E-state index < -0.39 is 0 Å². The maximum atomic E-state index is 11.7. The zero-order chi connectivity index (χ0) is 13.9. The number of hydrogen-bond donors (Lipinski definition) is 2. The second kappa shape index (κ2) is 5.42. The Hall–Kier alpha value is -2.21. The van der Waals surface area contributed by atoms with E-state index in [1.54, 1.807) is 17.5 Å². The van der Waals surface area contributed by atoms with E-state index in [2.05, 4.69) is 20.5 Å². The molecule has 0 aliphatic carbocycles. The minimum atomic E-state index is -0.00257. The van der Waals surface area contributed by atoms with Gasteiger partial charge >= 0.3 is 0 Å². The first kappa shape index (κ1) is 12.8. The molecule has 3 heterocycles. The fraction of sp³-hybridized carbons (Fsp3) is 0.214. The van der Waals surface area contributed by atoms with Gasteiger partial charge in [0.25, 0.3) is 0 Å². The van der Waals surface area contributed by atoms with Gasteiger partial charge in [0, 0.05) is 29.3 Å². The van der Waals surface area contributed by atoms with Crippen LogP contribution in [0.4, 0.5) is 5.82 Å². The van der Waals surface area contributed by atoms with Crippen LogP contribution < -0.4 is 5.32 Å². The lowest BCUT2D eigenvalue weighted by molar-refractivity contribution is -0.116. The molecule has 0 fully saturated rings. The van der Waals surface area contributed by atoms with Crippen LogP contribution in [0.2, 0.25) is 0 Å². The van der Waals surface area contributed by atoms with E-state index >= 15 is 0 Å². The highest BCUT2D eigenvalue weighted by atomic mass is 32.1. The van der Waals surface area contributed by atoms with Gasteiger partial charge in [-0.25, -0.2) is 0 Å². The first-order valence-electron chi connectivity index (χ1n) is 6.46. The first-order valence-corrected chi connectivity index (χ1v) is 7.27. The van der Waals surface area contributed by atoms with Crippen molar-refractivity contribution in [3.8, 4) is 10.4 Å². The Morgan fingerprint density at radius 3 is 3.15 bits per heavy atom. The molecule has 20 heavy (non-hydrogen) atoms. The lowest BCUT2D eigenvalue weighted by Crippen LogP contribution is -2.10. The average molecular weight is 286 g/mol. The first-order chi connectivity index (χ1) is 9.78. The van der Waals surface area contributed by atoms with E-state index in [0.29, 0.717) is 12.2 Å². The second-order valence-corrected chi connectivity index (χ2v) is 5.52. The summed E-state index contributed by atoms with van der Waals surface area (Å²) in [4.78, 5) is 16.9. The summed E-state index contributed by atoms with van der Waals surface area (Å²) in [5.74, 6) is 0.607. The summed E-state index contributed by atoms with van der Waals surface area (Å²) in [5, 5.41) is 9.95. The Labute approximate surface area is 120 Å². The van der Waals surface area contributed by atoms with Gasteiger partial charge in [-0.05, 0) is 18.6 Å². The van der Waals surface area contributed by atoms with Crippen LogP contribution in [-0.2, 0) is 4.79 Å². The standard InChI is InChI=1S/C14H14N4OS/c1-2-4-12(19)16-14-13-10(17-18-14)7-11(20-13)9-5-3-6-15-8-9/h3,5-8H,2,4H2,1H3,(H2,16,17,18,19). The Morgan fingerprint density at radius 1 is 1.50 bits per heavy atom. The molecule has 0 saturated carbocycles. The fourth-order valence-corrected chi connectivity index (χ4v) is 3.02. The number of amides is 1. The highest BCUT2D eigenvalue weighted by Crippen LogP contribution is 2.35. The predicted octanol–water partition coefficient (Wildman–Crippen LogP) is 3.43. The molecule has 0 radical (unpaired) electrons. The van der Waals surface area contributed by atoms with Crippen molar-refractivity contribution >= 4 is 33.3 Å². The van der Waals surface area contributed by atoms with Gasteiger partial charge in [-0.15, -0.1) is 11.3 Å². The normalized spacial score (nSPS) is 10.8. The van der Waals surface area contributed by atoms with E-state index in [9.17, 15) is 4.79 Å². The van der Waals surface area contributed by atoms with Crippen LogP contribution in [0.5, 0.6) is 0 Å². The Morgan fingerprint density at radius 2 is 2.40 bits per heavy atom. The number of aromatic amines is 1. The number of nitrogens with one attached hydrogen (secondary N) is 2. The summed E-state index contributed by atoms with van der Waals surface area (Å²) in [6, 6.07) is 5.95. The summed E-state index contributed by atoms with van der Waals surface area (Å²) in [5.41, 5.74) is 1.99. The minimum absolute atomic E-state index is 0.00257. The molecule has 5 nitrogen and oxygen atoms in total. The summed E-state index contributed by atoms with van der Waals surface area (Å²) in [6.07, 6.45) is 4.91. The zero-order valence-corrected chi connectivity index (χ0v) is 11.8. The molecule has 0 unspecified atom stereocenters.